The molecule has 0 fully saturated rings. The van der Waals surface area contributed by atoms with Crippen LogP contribution in [0.5, 0.6) is 0 Å². The summed E-state index contributed by atoms with van der Waals surface area (Å²) in [6.07, 6.45) is 3.43. The molecular formula is C19H24ClNO5. The van der Waals surface area contributed by atoms with Gasteiger partial charge in [-0.2, -0.15) is 0 Å². The number of ether oxygens (including phenoxy) is 2. The number of halogens is 1. The molecule has 0 heterocycles. The lowest BCUT2D eigenvalue weighted by atomic mass is 9.99. The molecule has 1 rings (SSSR count). The molecule has 0 spiro atoms. The van der Waals surface area contributed by atoms with Crippen LogP contribution in [0.3, 0.4) is 0 Å². The van der Waals surface area contributed by atoms with Crippen molar-refractivity contribution in [3.05, 3.63) is 40.4 Å². The Morgan fingerprint density at radius 1 is 1.31 bits per heavy atom. The monoisotopic (exact) mass is 381 g/mol. The number of methoxy groups -OCH3 is 1. The average Bonchev–Trinajstić information content (AvgIpc) is 2.64. The highest BCUT2D eigenvalue weighted by Gasteiger charge is 2.26. The van der Waals surface area contributed by atoms with Gasteiger partial charge in [0.2, 0.25) is 0 Å². The van der Waals surface area contributed by atoms with Crippen molar-refractivity contribution in [3.8, 4) is 0 Å². The van der Waals surface area contributed by atoms with E-state index in [0.717, 1.165) is 11.1 Å². The lowest BCUT2D eigenvalue weighted by Crippen LogP contribution is -2.47. The molecule has 1 amide bonds. The SMILES string of the molecule is CC[C@@H](C)[C@H](NC(=O)COC(=O)/C=C/c1ccc(C)c(Cl)c1)C(=O)OC. The van der Waals surface area contributed by atoms with Crippen LogP contribution in [0.1, 0.15) is 31.4 Å². The molecule has 26 heavy (non-hydrogen) atoms. The second-order valence-corrected chi connectivity index (χ2v) is 6.31. The summed E-state index contributed by atoms with van der Waals surface area (Å²) in [5, 5.41) is 3.13. The summed E-state index contributed by atoms with van der Waals surface area (Å²) in [7, 11) is 1.26. The summed E-state index contributed by atoms with van der Waals surface area (Å²) in [5.74, 6) is -1.88. The van der Waals surface area contributed by atoms with Gasteiger partial charge in [-0.05, 0) is 36.1 Å². The highest BCUT2D eigenvalue weighted by molar-refractivity contribution is 6.31. The number of rotatable bonds is 8. The molecule has 7 heteroatoms. The van der Waals surface area contributed by atoms with Crippen molar-refractivity contribution < 1.29 is 23.9 Å². The quantitative estimate of drug-likeness (QED) is 0.553. The summed E-state index contributed by atoms with van der Waals surface area (Å²) < 4.78 is 9.57. The van der Waals surface area contributed by atoms with E-state index in [2.05, 4.69) is 10.1 Å². The zero-order valence-corrected chi connectivity index (χ0v) is 16.1. The summed E-state index contributed by atoms with van der Waals surface area (Å²) in [4.78, 5) is 35.4. The van der Waals surface area contributed by atoms with Crippen LogP contribution in [0.4, 0.5) is 0 Å². The van der Waals surface area contributed by atoms with Crippen molar-refractivity contribution in [1.82, 2.24) is 5.32 Å². The molecular weight excluding hydrogens is 358 g/mol. The van der Waals surface area contributed by atoms with Crippen LogP contribution in [-0.4, -0.2) is 37.6 Å². The van der Waals surface area contributed by atoms with E-state index in [9.17, 15) is 14.4 Å². The first-order valence-corrected chi connectivity index (χ1v) is 8.64. The van der Waals surface area contributed by atoms with Crippen LogP contribution in [0, 0.1) is 12.8 Å². The van der Waals surface area contributed by atoms with Gasteiger partial charge in [0.1, 0.15) is 6.04 Å². The number of hydrogen-bond acceptors (Lipinski definition) is 5. The number of carbonyl (C=O) groups excluding carboxylic acids is 3. The third-order valence-corrected chi connectivity index (χ3v) is 4.35. The summed E-state index contributed by atoms with van der Waals surface area (Å²) >= 11 is 6.01. The molecule has 2 atom stereocenters. The van der Waals surface area contributed by atoms with E-state index in [1.165, 1.54) is 13.2 Å². The van der Waals surface area contributed by atoms with Crippen LogP contribution >= 0.6 is 11.6 Å². The van der Waals surface area contributed by atoms with Gasteiger partial charge in [-0.15, -0.1) is 0 Å². The van der Waals surface area contributed by atoms with Crippen molar-refractivity contribution in [3.63, 3.8) is 0 Å². The van der Waals surface area contributed by atoms with Gasteiger partial charge < -0.3 is 14.8 Å². The second-order valence-electron chi connectivity index (χ2n) is 5.90. The predicted molar refractivity (Wildman–Crippen MR) is 99.6 cm³/mol. The Kier molecular flexibility index (Phi) is 8.85. The highest BCUT2D eigenvalue weighted by atomic mass is 35.5. The molecule has 0 unspecified atom stereocenters. The van der Waals surface area contributed by atoms with Gasteiger partial charge in [0, 0.05) is 11.1 Å². The molecule has 0 radical (unpaired) electrons. The van der Waals surface area contributed by atoms with E-state index < -0.39 is 30.5 Å². The Morgan fingerprint density at radius 2 is 2.00 bits per heavy atom. The summed E-state index contributed by atoms with van der Waals surface area (Å²) in [5.41, 5.74) is 1.68. The fourth-order valence-corrected chi connectivity index (χ4v) is 2.26. The van der Waals surface area contributed by atoms with E-state index in [1.54, 1.807) is 12.1 Å². The molecule has 0 bridgehead atoms. The number of nitrogens with one attached hydrogen (secondary N) is 1. The standard InChI is InChI=1S/C19H24ClNO5/c1-5-12(2)18(19(24)25-4)21-16(22)11-26-17(23)9-8-14-7-6-13(3)15(20)10-14/h6-10,12,18H,5,11H2,1-4H3,(H,21,22)/b9-8+/t12-,18+/m1/s1. The smallest absolute Gasteiger partial charge is 0.331 e. The van der Waals surface area contributed by atoms with Crippen LogP contribution in [0.25, 0.3) is 6.08 Å². The van der Waals surface area contributed by atoms with Gasteiger partial charge in [0.25, 0.3) is 5.91 Å². The first-order chi connectivity index (χ1) is 12.3. The second kappa shape index (κ2) is 10.6. The first-order valence-electron chi connectivity index (χ1n) is 8.26. The van der Waals surface area contributed by atoms with Gasteiger partial charge in [0.15, 0.2) is 6.61 Å². The van der Waals surface area contributed by atoms with Crippen molar-refractivity contribution >= 4 is 35.5 Å². The lowest BCUT2D eigenvalue weighted by Gasteiger charge is -2.21. The molecule has 0 aromatic heterocycles. The summed E-state index contributed by atoms with van der Waals surface area (Å²) in [6.45, 7) is 5.11. The maximum Gasteiger partial charge on any atom is 0.331 e. The van der Waals surface area contributed by atoms with Crippen molar-refractivity contribution in [2.45, 2.75) is 33.2 Å². The number of hydrogen-bond donors (Lipinski definition) is 1. The zero-order valence-electron chi connectivity index (χ0n) is 15.4. The number of aryl methyl sites for hydroxylation is 1. The van der Waals surface area contributed by atoms with Gasteiger partial charge in [-0.3, -0.25) is 4.79 Å². The minimum Gasteiger partial charge on any atom is -0.467 e. The molecule has 0 saturated carbocycles. The molecule has 6 nitrogen and oxygen atoms in total. The molecule has 1 aromatic rings. The van der Waals surface area contributed by atoms with E-state index in [1.807, 2.05) is 32.9 Å². The largest absolute Gasteiger partial charge is 0.467 e. The van der Waals surface area contributed by atoms with Gasteiger partial charge in [0.05, 0.1) is 7.11 Å². The normalized spacial score (nSPS) is 13.1. The average molecular weight is 382 g/mol. The van der Waals surface area contributed by atoms with Gasteiger partial charge >= 0.3 is 11.9 Å². The molecule has 1 aromatic carbocycles. The van der Waals surface area contributed by atoms with Crippen LogP contribution in [0.15, 0.2) is 24.3 Å². The number of benzene rings is 1. The Morgan fingerprint density at radius 3 is 2.58 bits per heavy atom. The van der Waals surface area contributed by atoms with Crippen LogP contribution in [-0.2, 0) is 23.9 Å². The highest BCUT2D eigenvalue weighted by Crippen LogP contribution is 2.17. The van der Waals surface area contributed by atoms with E-state index >= 15 is 0 Å². The molecule has 142 valence electrons. The summed E-state index contributed by atoms with van der Waals surface area (Å²) in [6, 6.07) is 4.59. The Hall–Kier alpha value is -2.34. The fraction of sp³-hybridized carbons (Fsp3) is 0.421. The molecule has 0 aliphatic rings. The maximum atomic E-state index is 11.9. The Bertz CT molecular complexity index is 687. The zero-order chi connectivity index (χ0) is 19.7. The molecule has 0 aliphatic heterocycles. The van der Waals surface area contributed by atoms with Crippen LogP contribution < -0.4 is 5.32 Å². The van der Waals surface area contributed by atoms with E-state index in [-0.39, 0.29) is 5.92 Å². The molecule has 1 N–H and O–H groups in total. The van der Waals surface area contributed by atoms with Gasteiger partial charge in [-0.25, -0.2) is 9.59 Å². The lowest BCUT2D eigenvalue weighted by molar-refractivity contribution is -0.148. The number of carbonyl (C=O) groups is 3. The predicted octanol–water partition coefficient (Wildman–Crippen LogP) is 2.91. The van der Waals surface area contributed by atoms with Gasteiger partial charge in [-0.1, -0.05) is 44.0 Å². The minimum absolute atomic E-state index is 0.103. The third kappa shape index (κ3) is 6.88. The third-order valence-electron chi connectivity index (χ3n) is 3.94. The Balaban J connectivity index is 2.54. The Labute approximate surface area is 158 Å². The van der Waals surface area contributed by atoms with Crippen LogP contribution in [0.2, 0.25) is 5.02 Å². The van der Waals surface area contributed by atoms with Crippen molar-refractivity contribution in [2.24, 2.45) is 5.92 Å². The maximum absolute atomic E-state index is 11.9. The van der Waals surface area contributed by atoms with E-state index in [0.29, 0.717) is 11.4 Å². The number of amides is 1. The molecule has 0 aliphatic carbocycles. The van der Waals surface area contributed by atoms with Crippen molar-refractivity contribution in [1.29, 1.82) is 0 Å². The minimum atomic E-state index is -0.776. The number of esters is 2. The van der Waals surface area contributed by atoms with E-state index in [4.69, 9.17) is 16.3 Å². The fourth-order valence-electron chi connectivity index (χ4n) is 2.07. The first kappa shape index (κ1) is 21.7. The van der Waals surface area contributed by atoms with Crippen molar-refractivity contribution in [2.75, 3.05) is 13.7 Å². The topological polar surface area (TPSA) is 81.7 Å². The molecule has 0 saturated heterocycles.